The Labute approximate surface area is 166 Å². The van der Waals surface area contributed by atoms with Crippen molar-refractivity contribution in [2.45, 2.75) is 83.5 Å². The molecule has 2 aromatic rings. The van der Waals surface area contributed by atoms with E-state index in [4.69, 9.17) is 0 Å². The third kappa shape index (κ3) is 8.04. The van der Waals surface area contributed by atoms with Crippen LogP contribution in [-0.2, 0) is 0 Å². The van der Waals surface area contributed by atoms with Gasteiger partial charge in [-0.05, 0) is 24.1 Å². The number of aromatic nitrogens is 1. The lowest BCUT2D eigenvalue weighted by atomic mass is 9.93. The third-order valence-electron chi connectivity index (χ3n) is 4.87. The summed E-state index contributed by atoms with van der Waals surface area (Å²) in [6, 6.07) is 8.78. The highest BCUT2D eigenvalue weighted by molar-refractivity contribution is 9.10. The summed E-state index contributed by atoms with van der Waals surface area (Å²) in [5.74, 6) is 0.460. The van der Waals surface area contributed by atoms with Crippen LogP contribution in [0.25, 0.3) is 0 Å². The fraction of sp³-hybridized carbons (Fsp3) is 0.591. The second-order valence-electron chi connectivity index (χ2n) is 6.95. The molecule has 1 atom stereocenters. The average Bonchev–Trinajstić information content (AvgIpc) is 3.15. The number of halogens is 1. The van der Waals surface area contributed by atoms with Crippen LogP contribution >= 0.6 is 27.3 Å². The molecule has 3 heteroatoms. The number of nitrogens with zero attached hydrogens (tertiary/aromatic N) is 1. The van der Waals surface area contributed by atoms with Gasteiger partial charge >= 0.3 is 0 Å². The van der Waals surface area contributed by atoms with E-state index in [0.717, 1.165) is 4.47 Å². The van der Waals surface area contributed by atoms with Gasteiger partial charge in [-0.1, -0.05) is 99.2 Å². The van der Waals surface area contributed by atoms with Gasteiger partial charge in [0.2, 0.25) is 0 Å². The quantitative estimate of drug-likeness (QED) is 0.296. The highest BCUT2D eigenvalue weighted by atomic mass is 79.9. The smallest absolute Gasteiger partial charge is 0.0999 e. The van der Waals surface area contributed by atoms with Crippen molar-refractivity contribution >= 4 is 27.3 Å². The van der Waals surface area contributed by atoms with E-state index in [1.54, 1.807) is 11.3 Å². The first-order valence-electron chi connectivity index (χ1n) is 9.96. The van der Waals surface area contributed by atoms with Crippen LogP contribution < -0.4 is 0 Å². The van der Waals surface area contributed by atoms with E-state index in [1.807, 2.05) is 6.20 Å². The van der Waals surface area contributed by atoms with E-state index in [2.05, 4.69) is 57.5 Å². The molecule has 0 amide bonds. The zero-order valence-corrected chi connectivity index (χ0v) is 18.0. The number of hydrogen-bond acceptors (Lipinski definition) is 2. The van der Waals surface area contributed by atoms with Crippen molar-refractivity contribution in [1.29, 1.82) is 0 Å². The molecule has 1 aromatic carbocycles. The summed E-state index contributed by atoms with van der Waals surface area (Å²) in [6.45, 7) is 2.28. The van der Waals surface area contributed by atoms with E-state index in [1.165, 1.54) is 81.2 Å². The molecule has 1 heterocycles. The van der Waals surface area contributed by atoms with Crippen LogP contribution in [0.1, 0.15) is 94.0 Å². The Bertz CT molecular complexity index is 550. The van der Waals surface area contributed by atoms with Crippen LogP contribution in [0, 0.1) is 0 Å². The van der Waals surface area contributed by atoms with Gasteiger partial charge in [0.25, 0.3) is 0 Å². The van der Waals surface area contributed by atoms with E-state index in [0.29, 0.717) is 5.92 Å². The number of hydrogen-bond donors (Lipinski definition) is 0. The minimum absolute atomic E-state index is 0.460. The van der Waals surface area contributed by atoms with Crippen molar-refractivity contribution in [3.05, 3.63) is 50.9 Å². The summed E-state index contributed by atoms with van der Waals surface area (Å²) in [6.07, 6.45) is 17.1. The molecule has 0 radical (unpaired) electrons. The predicted molar refractivity (Wildman–Crippen MR) is 115 cm³/mol. The molecule has 0 saturated carbocycles. The molecular formula is C22H32BrNS. The third-order valence-corrected chi connectivity index (χ3v) is 6.29. The molecule has 0 spiro atoms. The Kier molecular flexibility index (Phi) is 10.4. The Morgan fingerprint density at radius 2 is 1.48 bits per heavy atom. The van der Waals surface area contributed by atoms with Crippen molar-refractivity contribution in [2.24, 2.45) is 0 Å². The molecule has 1 nitrogen and oxygen atoms in total. The monoisotopic (exact) mass is 421 g/mol. The molecule has 138 valence electrons. The number of unbranched alkanes of at least 4 members (excludes halogenated alkanes) is 9. The van der Waals surface area contributed by atoms with E-state index < -0.39 is 0 Å². The fourth-order valence-electron chi connectivity index (χ4n) is 3.37. The van der Waals surface area contributed by atoms with Gasteiger partial charge in [-0.3, -0.25) is 0 Å². The molecule has 1 aromatic heterocycles. The first-order chi connectivity index (χ1) is 12.3. The lowest BCUT2D eigenvalue weighted by molar-refractivity contribution is 0.540. The summed E-state index contributed by atoms with van der Waals surface area (Å²) in [5, 5.41) is 3.36. The van der Waals surface area contributed by atoms with Crippen molar-refractivity contribution in [2.75, 3.05) is 0 Å². The topological polar surface area (TPSA) is 12.9 Å². The van der Waals surface area contributed by atoms with Crippen LogP contribution in [-0.4, -0.2) is 4.98 Å². The zero-order chi connectivity index (χ0) is 17.7. The Balaban J connectivity index is 1.68. The van der Waals surface area contributed by atoms with Gasteiger partial charge in [-0.2, -0.15) is 0 Å². The molecular weight excluding hydrogens is 390 g/mol. The minimum Gasteiger partial charge on any atom is -0.249 e. The van der Waals surface area contributed by atoms with Gasteiger partial charge in [0.15, 0.2) is 0 Å². The maximum absolute atomic E-state index is 4.59. The van der Waals surface area contributed by atoms with E-state index in [-0.39, 0.29) is 0 Å². The molecule has 2 rings (SSSR count). The lowest BCUT2D eigenvalue weighted by Gasteiger charge is -2.15. The fourth-order valence-corrected chi connectivity index (χ4v) is 4.44. The predicted octanol–water partition coefficient (Wildman–Crippen LogP) is 8.35. The molecule has 0 saturated heterocycles. The highest BCUT2D eigenvalue weighted by Crippen LogP contribution is 2.32. The maximum atomic E-state index is 4.59. The summed E-state index contributed by atoms with van der Waals surface area (Å²) in [7, 11) is 0. The zero-order valence-electron chi connectivity index (χ0n) is 15.6. The van der Waals surface area contributed by atoms with E-state index >= 15 is 0 Å². The van der Waals surface area contributed by atoms with Crippen molar-refractivity contribution in [3.8, 4) is 0 Å². The number of benzene rings is 1. The van der Waals surface area contributed by atoms with Crippen LogP contribution in [0.3, 0.4) is 0 Å². The van der Waals surface area contributed by atoms with Gasteiger partial charge in [-0.25, -0.2) is 4.98 Å². The summed E-state index contributed by atoms with van der Waals surface area (Å²) < 4.78 is 1.15. The summed E-state index contributed by atoms with van der Waals surface area (Å²) in [5.41, 5.74) is 1.40. The lowest BCUT2D eigenvalue weighted by Crippen LogP contribution is -2.01. The van der Waals surface area contributed by atoms with Crippen LogP contribution in [0.15, 0.2) is 40.3 Å². The minimum atomic E-state index is 0.460. The molecule has 0 N–H and O–H groups in total. The molecule has 0 aliphatic heterocycles. The van der Waals surface area contributed by atoms with Crippen molar-refractivity contribution in [1.82, 2.24) is 4.98 Å². The van der Waals surface area contributed by atoms with Gasteiger partial charge in [0.1, 0.15) is 0 Å². The first-order valence-corrected chi connectivity index (χ1v) is 11.6. The molecule has 1 unspecified atom stereocenters. The number of rotatable bonds is 13. The van der Waals surface area contributed by atoms with Crippen molar-refractivity contribution in [3.63, 3.8) is 0 Å². The van der Waals surface area contributed by atoms with Crippen molar-refractivity contribution < 1.29 is 0 Å². The van der Waals surface area contributed by atoms with Gasteiger partial charge in [0, 0.05) is 22.0 Å². The second kappa shape index (κ2) is 12.6. The van der Waals surface area contributed by atoms with Crippen LogP contribution in [0.2, 0.25) is 0 Å². The first kappa shape index (κ1) is 20.6. The highest BCUT2D eigenvalue weighted by Gasteiger charge is 2.16. The van der Waals surface area contributed by atoms with Crippen LogP contribution in [0.4, 0.5) is 0 Å². The Hall–Kier alpha value is -0.670. The normalized spacial score (nSPS) is 12.4. The molecule has 0 bridgehead atoms. The summed E-state index contributed by atoms with van der Waals surface area (Å²) in [4.78, 5) is 4.59. The largest absolute Gasteiger partial charge is 0.249 e. The Morgan fingerprint density at radius 1 is 0.880 bits per heavy atom. The molecule has 0 fully saturated rings. The maximum Gasteiger partial charge on any atom is 0.0999 e. The van der Waals surface area contributed by atoms with Crippen LogP contribution in [0.5, 0.6) is 0 Å². The Morgan fingerprint density at radius 3 is 2.04 bits per heavy atom. The summed E-state index contributed by atoms with van der Waals surface area (Å²) >= 11 is 5.33. The van der Waals surface area contributed by atoms with Gasteiger partial charge in [0.05, 0.1) is 5.01 Å². The molecule has 0 aliphatic carbocycles. The number of thiazole rings is 1. The SMILES string of the molecule is CCCCCCCCCCCCC(c1ccc(Br)cc1)c1nccs1. The molecule has 0 aliphatic rings. The van der Waals surface area contributed by atoms with E-state index in [9.17, 15) is 0 Å². The average molecular weight is 422 g/mol. The second-order valence-corrected chi connectivity index (χ2v) is 8.79. The standard InChI is InChI=1S/C22H32BrNS/c1-2-3-4-5-6-7-8-9-10-11-12-21(22-24-17-18-25-22)19-13-15-20(23)16-14-19/h13-18,21H,2-12H2,1H3. The molecule has 25 heavy (non-hydrogen) atoms. The van der Waals surface area contributed by atoms with Gasteiger partial charge in [-0.15, -0.1) is 11.3 Å². The van der Waals surface area contributed by atoms with Gasteiger partial charge < -0.3 is 0 Å².